The number of rotatable bonds is 7. The van der Waals surface area contributed by atoms with Crippen molar-refractivity contribution in [1.82, 2.24) is 0 Å². The van der Waals surface area contributed by atoms with Gasteiger partial charge in [0.05, 0.1) is 17.8 Å². The van der Waals surface area contributed by atoms with Crippen LogP contribution >= 0.6 is 0 Å². The van der Waals surface area contributed by atoms with Crippen LogP contribution in [-0.2, 0) is 0 Å². The molecule has 0 amide bonds. The third-order valence-electron chi connectivity index (χ3n) is 8.79. The van der Waals surface area contributed by atoms with Gasteiger partial charge in [0.15, 0.2) is 0 Å². The lowest BCUT2D eigenvalue weighted by Crippen LogP contribution is -2.38. The summed E-state index contributed by atoms with van der Waals surface area (Å²) in [6.45, 7) is 17.0. The number of hydrogen-bond donors (Lipinski definition) is 3. The van der Waals surface area contributed by atoms with Crippen LogP contribution in [0.5, 0.6) is 0 Å². The minimum Gasteiger partial charge on any atom is -0.393 e. The molecule has 0 radical (unpaired) electrons. The molecular formula is C29H46O3. The molecule has 0 bridgehead atoms. The second-order valence-corrected chi connectivity index (χ2v) is 11.9. The Labute approximate surface area is 196 Å². The number of aliphatic hydroxyl groups is 3. The first-order valence-corrected chi connectivity index (χ1v) is 12.7. The molecule has 3 saturated carbocycles. The van der Waals surface area contributed by atoms with E-state index in [0.29, 0.717) is 36.5 Å². The topological polar surface area (TPSA) is 60.7 Å². The number of aliphatic hydroxyl groups excluding tert-OH is 2. The molecule has 0 aromatic rings. The van der Waals surface area contributed by atoms with Crippen LogP contribution in [0.1, 0.15) is 85.5 Å². The van der Waals surface area contributed by atoms with E-state index in [1.165, 1.54) is 31.3 Å². The molecular weight excluding hydrogens is 396 g/mol. The SMILES string of the molecule is C=C[C@H]1C/C(=C\C=C2\C[C@@H](O)C[C@@H](O)C2=C)C2CC[C@H]([C@H](C)CCCC(C)(C)O)[C@@]2(C)C1. The highest BCUT2D eigenvalue weighted by Gasteiger charge is 2.52. The molecule has 3 aliphatic carbocycles. The molecule has 32 heavy (non-hydrogen) atoms. The smallest absolute Gasteiger partial charge is 0.0811 e. The van der Waals surface area contributed by atoms with Gasteiger partial charge in [-0.1, -0.05) is 57.1 Å². The molecule has 3 heteroatoms. The van der Waals surface area contributed by atoms with Crippen molar-refractivity contribution in [3.8, 4) is 0 Å². The van der Waals surface area contributed by atoms with Crippen molar-refractivity contribution in [3.05, 3.63) is 48.1 Å². The molecule has 0 heterocycles. The maximum absolute atomic E-state index is 10.2. The van der Waals surface area contributed by atoms with Gasteiger partial charge < -0.3 is 15.3 Å². The van der Waals surface area contributed by atoms with Crippen molar-refractivity contribution in [1.29, 1.82) is 0 Å². The molecule has 3 fully saturated rings. The van der Waals surface area contributed by atoms with Crippen molar-refractivity contribution in [2.75, 3.05) is 0 Å². The van der Waals surface area contributed by atoms with Crippen LogP contribution in [0.4, 0.5) is 0 Å². The maximum atomic E-state index is 10.2. The number of allylic oxidation sites excluding steroid dienone is 4. The molecule has 3 nitrogen and oxygen atoms in total. The standard InChI is InChI=1S/C29H46O3/c1-7-21-15-23(11-10-22-16-24(30)17-27(31)20(22)3)26-13-12-25(29(26,6)18-21)19(2)9-8-14-28(4,5)32/h7,10-11,19,21,24-27,30-32H,1,3,8-9,12-18H2,2,4-6H3/b22-10-,23-11+/t19-,21+,24-,25-,26?,27-,29-/m1/s1. The van der Waals surface area contributed by atoms with Crippen LogP contribution in [0, 0.1) is 29.1 Å². The molecule has 3 rings (SSSR count). The molecule has 0 aliphatic heterocycles. The summed E-state index contributed by atoms with van der Waals surface area (Å²) in [6, 6.07) is 0. The first kappa shape index (κ1) is 25.5. The van der Waals surface area contributed by atoms with Gasteiger partial charge in [-0.05, 0) is 92.6 Å². The van der Waals surface area contributed by atoms with Gasteiger partial charge in [-0.2, -0.15) is 0 Å². The Morgan fingerprint density at radius 1 is 1.19 bits per heavy atom. The van der Waals surface area contributed by atoms with E-state index in [1.54, 1.807) is 0 Å². The minimum atomic E-state index is -0.637. The molecule has 180 valence electrons. The highest BCUT2D eigenvalue weighted by molar-refractivity contribution is 5.39. The lowest BCUT2D eigenvalue weighted by molar-refractivity contribution is 0.0562. The summed E-state index contributed by atoms with van der Waals surface area (Å²) >= 11 is 0. The zero-order valence-electron chi connectivity index (χ0n) is 20.8. The number of hydrogen-bond acceptors (Lipinski definition) is 3. The van der Waals surface area contributed by atoms with Crippen LogP contribution in [0.3, 0.4) is 0 Å². The maximum Gasteiger partial charge on any atom is 0.0811 e. The Morgan fingerprint density at radius 2 is 1.91 bits per heavy atom. The van der Waals surface area contributed by atoms with Crippen LogP contribution in [0.2, 0.25) is 0 Å². The van der Waals surface area contributed by atoms with Crippen molar-refractivity contribution in [2.45, 2.75) is 103 Å². The zero-order valence-corrected chi connectivity index (χ0v) is 20.8. The Morgan fingerprint density at radius 3 is 2.56 bits per heavy atom. The highest BCUT2D eigenvalue weighted by Crippen LogP contribution is 2.61. The van der Waals surface area contributed by atoms with E-state index in [0.717, 1.165) is 30.4 Å². The van der Waals surface area contributed by atoms with Gasteiger partial charge >= 0.3 is 0 Å². The Hall–Kier alpha value is -1.16. The fraction of sp³-hybridized carbons (Fsp3) is 0.724. The van der Waals surface area contributed by atoms with E-state index in [9.17, 15) is 15.3 Å². The Bertz CT molecular complexity index is 755. The second kappa shape index (κ2) is 9.99. The van der Waals surface area contributed by atoms with Gasteiger partial charge in [0.2, 0.25) is 0 Å². The van der Waals surface area contributed by atoms with Gasteiger partial charge in [0, 0.05) is 6.42 Å². The Kier molecular flexibility index (Phi) is 7.95. The third kappa shape index (κ3) is 5.66. The quantitative estimate of drug-likeness (QED) is 0.416. The van der Waals surface area contributed by atoms with E-state index in [2.05, 4.69) is 45.2 Å². The van der Waals surface area contributed by atoms with E-state index in [-0.39, 0.29) is 5.41 Å². The first-order chi connectivity index (χ1) is 14.9. The molecule has 3 N–H and O–H groups in total. The predicted octanol–water partition coefficient (Wildman–Crippen LogP) is 6.12. The van der Waals surface area contributed by atoms with E-state index < -0.39 is 17.8 Å². The zero-order chi connectivity index (χ0) is 23.7. The molecule has 0 spiro atoms. The normalized spacial score (nSPS) is 39.3. The summed E-state index contributed by atoms with van der Waals surface area (Å²) < 4.78 is 0. The van der Waals surface area contributed by atoms with Gasteiger partial charge in [-0.3, -0.25) is 0 Å². The number of fused-ring (bicyclic) bond motifs is 1. The molecule has 1 unspecified atom stereocenters. The first-order valence-electron chi connectivity index (χ1n) is 12.7. The summed E-state index contributed by atoms with van der Waals surface area (Å²) in [6.07, 6.45) is 14.3. The lowest BCUT2D eigenvalue weighted by atomic mass is 9.58. The van der Waals surface area contributed by atoms with E-state index in [4.69, 9.17) is 0 Å². The van der Waals surface area contributed by atoms with Gasteiger partial charge in [-0.25, -0.2) is 0 Å². The largest absolute Gasteiger partial charge is 0.393 e. The summed E-state index contributed by atoms with van der Waals surface area (Å²) in [5.41, 5.74) is 2.95. The average molecular weight is 443 g/mol. The van der Waals surface area contributed by atoms with Crippen LogP contribution in [-0.4, -0.2) is 33.1 Å². The summed E-state index contributed by atoms with van der Waals surface area (Å²) in [5, 5.41) is 30.4. The molecule has 0 aromatic heterocycles. The predicted molar refractivity (Wildman–Crippen MR) is 133 cm³/mol. The summed E-state index contributed by atoms with van der Waals surface area (Å²) in [4.78, 5) is 0. The fourth-order valence-electron chi connectivity index (χ4n) is 7.06. The van der Waals surface area contributed by atoms with Crippen molar-refractivity contribution in [3.63, 3.8) is 0 Å². The molecule has 0 saturated heterocycles. The Balaban J connectivity index is 1.79. The summed E-state index contributed by atoms with van der Waals surface area (Å²) in [7, 11) is 0. The van der Waals surface area contributed by atoms with E-state index in [1.807, 2.05) is 13.8 Å². The van der Waals surface area contributed by atoms with Crippen LogP contribution in [0.15, 0.2) is 48.1 Å². The van der Waals surface area contributed by atoms with Gasteiger partial charge in [-0.15, -0.1) is 6.58 Å². The molecule has 3 aliphatic rings. The fourth-order valence-corrected chi connectivity index (χ4v) is 7.06. The van der Waals surface area contributed by atoms with Crippen LogP contribution in [0.25, 0.3) is 0 Å². The lowest BCUT2D eigenvalue weighted by Gasteiger charge is -2.47. The second-order valence-electron chi connectivity index (χ2n) is 11.9. The monoisotopic (exact) mass is 442 g/mol. The average Bonchev–Trinajstić information content (AvgIpc) is 3.05. The van der Waals surface area contributed by atoms with Crippen molar-refractivity contribution in [2.24, 2.45) is 29.1 Å². The highest BCUT2D eigenvalue weighted by atomic mass is 16.3. The summed E-state index contributed by atoms with van der Waals surface area (Å²) in [5.74, 6) is 2.43. The third-order valence-corrected chi connectivity index (χ3v) is 8.79. The van der Waals surface area contributed by atoms with E-state index >= 15 is 0 Å². The van der Waals surface area contributed by atoms with Crippen LogP contribution < -0.4 is 0 Å². The molecule has 7 atom stereocenters. The van der Waals surface area contributed by atoms with Crippen molar-refractivity contribution >= 4 is 0 Å². The van der Waals surface area contributed by atoms with Gasteiger partial charge in [0.1, 0.15) is 0 Å². The minimum absolute atomic E-state index is 0.276. The molecule has 0 aromatic carbocycles. The van der Waals surface area contributed by atoms with Gasteiger partial charge in [0.25, 0.3) is 0 Å². The van der Waals surface area contributed by atoms with Crippen molar-refractivity contribution < 1.29 is 15.3 Å².